The molecule has 2 N–H and O–H groups in total. The third kappa shape index (κ3) is 6.44. The molecule has 0 unspecified atom stereocenters. The molecule has 130 valence electrons. The summed E-state index contributed by atoms with van der Waals surface area (Å²) in [6, 6.07) is 10.5. The predicted molar refractivity (Wildman–Crippen MR) is 100 cm³/mol. The van der Waals surface area contributed by atoms with Gasteiger partial charge in [-0.1, -0.05) is 38.1 Å². The van der Waals surface area contributed by atoms with E-state index >= 15 is 0 Å². The quantitative estimate of drug-likeness (QED) is 0.445. The van der Waals surface area contributed by atoms with Gasteiger partial charge in [-0.15, -0.1) is 0 Å². The van der Waals surface area contributed by atoms with E-state index in [1.165, 1.54) is 17.5 Å². The summed E-state index contributed by atoms with van der Waals surface area (Å²) in [5.41, 5.74) is 2.49. The van der Waals surface area contributed by atoms with Gasteiger partial charge in [0.25, 0.3) is 0 Å². The highest BCUT2D eigenvalue weighted by Gasteiger charge is 2.01. The second kappa shape index (κ2) is 9.75. The molecule has 1 heterocycles. The molecule has 1 aromatic carbocycles. The minimum Gasteiger partial charge on any atom is -0.356 e. The Bertz CT molecular complexity index is 616. The summed E-state index contributed by atoms with van der Waals surface area (Å²) in [7, 11) is 1.81. The van der Waals surface area contributed by atoms with Crippen LogP contribution in [-0.4, -0.2) is 29.3 Å². The van der Waals surface area contributed by atoms with E-state index in [2.05, 4.69) is 58.8 Å². The summed E-state index contributed by atoms with van der Waals surface area (Å²) in [6.07, 6.45) is 6.19. The molecule has 0 aliphatic rings. The van der Waals surface area contributed by atoms with Crippen LogP contribution in [0.1, 0.15) is 37.8 Å². The highest BCUT2D eigenvalue weighted by molar-refractivity contribution is 5.79. The van der Waals surface area contributed by atoms with Gasteiger partial charge in [-0.25, -0.2) is 0 Å². The second-order valence-corrected chi connectivity index (χ2v) is 6.41. The molecular weight excluding hydrogens is 298 g/mol. The molecule has 0 spiro atoms. The lowest BCUT2D eigenvalue weighted by molar-refractivity contribution is 0.549. The Kier molecular flexibility index (Phi) is 7.33. The first-order valence-corrected chi connectivity index (χ1v) is 8.67. The molecular formula is C19H29N5. The average molecular weight is 327 g/mol. The standard InChI is InChI=1S/C19H29N5/c1-16(2)7-5-10-21-19(20-3)22-14-17-8-4-9-18(13-17)15-24-12-6-11-23-24/h4,6,8-9,11-13,16H,5,7,10,14-15H2,1-3H3,(H2,20,21,22). The number of benzene rings is 1. The van der Waals surface area contributed by atoms with Crippen LogP contribution >= 0.6 is 0 Å². The molecule has 24 heavy (non-hydrogen) atoms. The first-order chi connectivity index (χ1) is 11.7. The van der Waals surface area contributed by atoms with Gasteiger partial charge >= 0.3 is 0 Å². The summed E-state index contributed by atoms with van der Waals surface area (Å²) in [5, 5.41) is 11.0. The number of hydrogen-bond donors (Lipinski definition) is 2. The molecule has 0 fully saturated rings. The van der Waals surface area contributed by atoms with Crippen LogP contribution < -0.4 is 10.6 Å². The fourth-order valence-electron chi connectivity index (χ4n) is 2.54. The Labute approximate surface area is 145 Å². The first-order valence-electron chi connectivity index (χ1n) is 8.67. The van der Waals surface area contributed by atoms with Crippen LogP contribution in [0.5, 0.6) is 0 Å². The van der Waals surface area contributed by atoms with Crippen molar-refractivity contribution in [3.05, 3.63) is 53.9 Å². The van der Waals surface area contributed by atoms with E-state index in [0.717, 1.165) is 37.9 Å². The van der Waals surface area contributed by atoms with Crippen LogP contribution in [0.4, 0.5) is 0 Å². The third-order valence-corrected chi connectivity index (χ3v) is 3.83. The Balaban J connectivity index is 1.80. The van der Waals surface area contributed by atoms with Crippen LogP contribution in [-0.2, 0) is 13.1 Å². The molecule has 0 aliphatic carbocycles. The van der Waals surface area contributed by atoms with Crippen molar-refractivity contribution in [2.75, 3.05) is 13.6 Å². The molecule has 1 aromatic heterocycles. The van der Waals surface area contributed by atoms with Gasteiger partial charge in [-0.05, 0) is 36.0 Å². The number of nitrogens with one attached hydrogen (secondary N) is 2. The van der Waals surface area contributed by atoms with Crippen molar-refractivity contribution < 1.29 is 0 Å². The van der Waals surface area contributed by atoms with Crippen molar-refractivity contribution >= 4 is 5.96 Å². The van der Waals surface area contributed by atoms with Gasteiger partial charge in [0.05, 0.1) is 6.54 Å². The highest BCUT2D eigenvalue weighted by Crippen LogP contribution is 2.07. The van der Waals surface area contributed by atoms with Crippen molar-refractivity contribution in [2.45, 2.75) is 39.8 Å². The van der Waals surface area contributed by atoms with Gasteiger partial charge in [0, 0.05) is 32.5 Å². The largest absolute Gasteiger partial charge is 0.356 e. The fourth-order valence-corrected chi connectivity index (χ4v) is 2.54. The van der Waals surface area contributed by atoms with Gasteiger partial charge in [0.2, 0.25) is 0 Å². The first kappa shape index (κ1) is 18.0. The molecule has 2 aromatic rings. The van der Waals surface area contributed by atoms with Crippen molar-refractivity contribution in [1.82, 2.24) is 20.4 Å². The van der Waals surface area contributed by atoms with Crippen LogP contribution in [0.2, 0.25) is 0 Å². The van der Waals surface area contributed by atoms with E-state index in [-0.39, 0.29) is 0 Å². The molecule has 0 amide bonds. The molecule has 0 saturated carbocycles. The lowest BCUT2D eigenvalue weighted by atomic mass is 10.1. The Morgan fingerprint density at radius 1 is 1.21 bits per heavy atom. The monoisotopic (exact) mass is 327 g/mol. The van der Waals surface area contributed by atoms with E-state index in [4.69, 9.17) is 0 Å². The number of rotatable bonds is 8. The zero-order valence-corrected chi connectivity index (χ0v) is 15.0. The normalized spacial score (nSPS) is 11.8. The number of guanidine groups is 1. The van der Waals surface area contributed by atoms with Crippen LogP contribution in [0, 0.1) is 5.92 Å². The molecule has 0 aliphatic heterocycles. The maximum Gasteiger partial charge on any atom is 0.191 e. The molecule has 5 nitrogen and oxygen atoms in total. The molecule has 0 radical (unpaired) electrons. The van der Waals surface area contributed by atoms with E-state index in [1.54, 1.807) is 6.20 Å². The third-order valence-electron chi connectivity index (χ3n) is 3.83. The van der Waals surface area contributed by atoms with Gasteiger partial charge in [-0.3, -0.25) is 9.67 Å². The summed E-state index contributed by atoms with van der Waals surface area (Å²) in [5.74, 6) is 1.61. The number of aliphatic imine (C=N–C) groups is 1. The summed E-state index contributed by atoms with van der Waals surface area (Å²) in [4.78, 5) is 4.28. The average Bonchev–Trinajstić information content (AvgIpc) is 3.07. The van der Waals surface area contributed by atoms with Crippen molar-refractivity contribution in [3.8, 4) is 0 Å². The molecule has 5 heteroatoms. The molecule has 0 bridgehead atoms. The smallest absolute Gasteiger partial charge is 0.191 e. The SMILES string of the molecule is CN=C(NCCCC(C)C)NCc1cccc(Cn2cccn2)c1. The van der Waals surface area contributed by atoms with Gasteiger partial charge in [-0.2, -0.15) is 5.10 Å². The maximum atomic E-state index is 4.28. The van der Waals surface area contributed by atoms with E-state index in [9.17, 15) is 0 Å². The Morgan fingerprint density at radius 2 is 2.04 bits per heavy atom. The maximum absolute atomic E-state index is 4.28. The number of hydrogen-bond acceptors (Lipinski definition) is 2. The predicted octanol–water partition coefficient (Wildman–Crippen LogP) is 3.03. The topological polar surface area (TPSA) is 54.2 Å². The fraction of sp³-hybridized carbons (Fsp3) is 0.474. The lowest BCUT2D eigenvalue weighted by Gasteiger charge is -2.13. The van der Waals surface area contributed by atoms with E-state index in [1.807, 2.05) is 24.0 Å². The minimum atomic E-state index is 0.749. The van der Waals surface area contributed by atoms with Crippen molar-refractivity contribution in [3.63, 3.8) is 0 Å². The van der Waals surface area contributed by atoms with Gasteiger partial charge in [0.15, 0.2) is 5.96 Å². The van der Waals surface area contributed by atoms with Crippen molar-refractivity contribution in [1.29, 1.82) is 0 Å². The minimum absolute atomic E-state index is 0.749. The number of nitrogens with zero attached hydrogens (tertiary/aromatic N) is 3. The Morgan fingerprint density at radius 3 is 2.75 bits per heavy atom. The Hall–Kier alpha value is -2.30. The second-order valence-electron chi connectivity index (χ2n) is 6.41. The summed E-state index contributed by atoms with van der Waals surface area (Å²) < 4.78 is 1.93. The van der Waals surface area contributed by atoms with Gasteiger partial charge < -0.3 is 10.6 Å². The lowest BCUT2D eigenvalue weighted by Crippen LogP contribution is -2.37. The summed E-state index contributed by atoms with van der Waals surface area (Å²) in [6.45, 7) is 7.02. The molecule has 0 atom stereocenters. The number of aromatic nitrogens is 2. The van der Waals surface area contributed by atoms with E-state index < -0.39 is 0 Å². The molecule has 0 saturated heterocycles. The summed E-state index contributed by atoms with van der Waals surface area (Å²) >= 11 is 0. The van der Waals surface area contributed by atoms with Crippen LogP contribution in [0.25, 0.3) is 0 Å². The zero-order valence-electron chi connectivity index (χ0n) is 15.0. The van der Waals surface area contributed by atoms with Gasteiger partial charge in [0.1, 0.15) is 0 Å². The molecule has 2 rings (SSSR count). The van der Waals surface area contributed by atoms with Crippen LogP contribution in [0.15, 0.2) is 47.7 Å². The van der Waals surface area contributed by atoms with E-state index in [0.29, 0.717) is 0 Å². The highest BCUT2D eigenvalue weighted by atomic mass is 15.3. The van der Waals surface area contributed by atoms with Crippen molar-refractivity contribution in [2.24, 2.45) is 10.9 Å². The van der Waals surface area contributed by atoms with Crippen LogP contribution in [0.3, 0.4) is 0 Å². The zero-order chi connectivity index (χ0) is 17.2.